The molecule has 4 saturated heterocycles. The summed E-state index contributed by atoms with van der Waals surface area (Å²) in [5.74, 6) is -6.91. The van der Waals surface area contributed by atoms with Gasteiger partial charge in [-0.3, -0.25) is 34.2 Å². The second kappa shape index (κ2) is 18.6. The third kappa shape index (κ3) is 9.04. The van der Waals surface area contributed by atoms with E-state index in [0.29, 0.717) is 50.7 Å². The van der Waals surface area contributed by atoms with Gasteiger partial charge in [-0.15, -0.1) is 0 Å². The molecule has 0 radical (unpaired) electrons. The number of benzene rings is 2. The average molecular weight is 937 g/mol. The lowest BCUT2D eigenvalue weighted by Gasteiger charge is -2.41. The number of phenols is 1. The van der Waals surface area contributed by atoms with Crippen LogP contribution in [0.15, 0.2) is 66.3 Å². The van der Waals surface area contributed by atoms with Gasteiger partial charge in [0.15, 0.2) is 17.4 Å². The Bertz CT molecular complexity index is 2690. The molecule has 4 aliphatic heterocycles. The normalized spacial score (nSPS) is 24.6. The molecule has 2 aliphatic carbocycles. The maximum Gasteiger partial charge on any atom is 0.328 e. The summed E-state index contributed by atoms with van der Waals surface area (Å²) in [4.78, 5) is 68.4. The second-order valence-electron chi connectivity index (χ2n) is 19.2. The number of aromatic nitrogens is 4. The van der Waals surface area contributed by atoms with Crippen molar-refractivity contribution in [2.45, 2.75) is 82.4 Å². The molecule has 4 aromatic rings. The summed E-state index contributed by atoms with van der Waals surface area (Å²) in [5, 5.41) is 20.2. The zero-order chi connectivity index (χ0) is 47.3. The number of piperazine rings is 1. The maximum atomic E-state index is 14.2. The Morgan fingerprint density at radius 3 is 2.41 bits per heavy atom. The van der Waals surface area contributed by atoms with E-state index in [1.54, 1.807) is 4.90 Å². The number of phenolic OH excluding ortho intramolecular Hbond substituents is 1. The van der Waals surface area contributed by atoms with Crippen LogP contribution in [0.1, 0.15) is 81.1 Å². The first kappa shape index (κ1) is 45.4. The molecule has 68 heavy (non-hydrogen) atoms. The molecule has 10 rings (SSSR count). The number of carbonyl (C=O) groups is 4. The van der Waals surface area contributed by atoms with E-state index in [4.69, 9.17) is 19.8 Å². The van der Waals surface area contributed by atoms with E-state index in [2.05, 4.69) is 20.4 Å². The standard InChI is InChI=1S/C49H55F3N10O6/c1-29-2-5-32(21-40(29)61-13-10-41(63)56-48(61)67)46(66)59-14-11-49(12-15-59)23-36(28-68-49)58-16-18-60(19-17-58)47-54-25-34(26-55-47)31-6-7-33-27-62(57-39(33)20-31)35-8-3-30(4-9-35)24-53-45(65)37-22-38(50)44(64)43(52)42(37)51/h2,5-7,20,22,25-27,30,32,35-36,64H,3-4,8-19,21,23-24,28H2,1H3,(H,53,65)(H,56,63,67)/t30?,32?,35?,36-/m1/s1. The second-order valence-corrected chi connectivity index (χ2v) is 19.2. The summed E-state index contributed by atoms with van der Waals surface area (Å²) in [7, 11) is 0. The van der Waals surface area contributed by atoms with E-state index in [-0.39, 0.29) is 48.3 Å². The number of nitrogens with one attached hydrogen (secondary N) is 2. The number of nitrogens with zero attached hydrogens (tertiary/aromatic N) is 8. The smallest absolute Gasteiger partial charge is 0.328 e. The third-order valence-corrected chi connectivity index (χ3v) is 15.1. The van der Waals surface area contributed by atoms with E-state index in [9.17, 15) is 37.5 Å². The van der Waals surface area contributed by atoms with Gasteiger partial charge in [-0.1, -0.05) is 24.3 Å². The third-order valence-electron chi connectivity index (χ3n) is 15.1. The van der Waals surface area contributed by atoms with Gasteiger partial charge in [0, 0.05) is 106 Å². The summed E-state index contributed by atoms with van der Waals surface area (Å²) in [6.07, 6.45) is 16.0. The highest BCUT2D eigenvalue weighted by Gasteiger charge is 2.46. The van der Waals surface area contributed by atoms with Crippen molar-refractivity contribution in [1.82, 2.24) is 45.1 Å². The first-order chi connectivity index (χ1) is 32.8. The van der Waals surface area contributed by atoms with Crippen LogP contribution in [0.25, 0.3) is 22.0 Å². The topological polar surface area (TPSA) is 178 Å². The van der Waals surface area contributed by atoms with E-state index in [0.717, 1.165) is 104 Å². The van der Waals surface area contributed by atoms with Crippen LogP contribution in [-0.2, 0) is 14.3 Å². The molecule has 6 heterocycles. The lowest BCUT2D eigenvalue weighted by atomic mass is 9.85. The van der Waals surface area contributed by atoms with Crippen molar-refractivity contribution in [1.29, 1.82) is 0 Å². The summed E-state index contributed by atoms with van der Waals surface area (Å²) in [5.41, 5.74) is 3.42. The van der Waals surface area contributed by atoms with Crippen molar-refractivity contribution in [3.8, 4) is 16.9 Å². The number of fused-ring (bicyclic) bond motifs is 1. The van der Waals surface area contributed by atoms with Crippen molar-refractivity contribution in [3.63, 3.8) is 0 Å². The van der Waals surface area contributed by atoms with Crippen molar-refractivity contribution < 1.29 is 42.2 Å². The van der Waals surface area contributed by atoms with Gasteiger partial charge in [0.2, 0.25) is 23.6 Å². The minimum absolute atomic E-state index is 0.0678. The molecule has 6 aliphatic rings. The fourth-order valence-corrected chi connectivity index (χ4v) is 10.9. The monoisotopic (exact) mass is 936 g/mol. The Balaban J connectivity index is 0.669. The van der Waals surface area contributed by atoms with Gasteiger partial charge < -0.3 is 25.0 Å². The van der Waals surface area contributed by atoms with Crippen molar-refractivity contribution in [2.24, 2.45) is 11.8 Å². The fraction of sp³-hybridized carbons (Fsp3) is 0.490. The number of aromatic hydroxyl groups is 1. The SMILES string of the molecule is CC1=C(N2CCC(=O)NC2=O)CC(C(=O)N2CCC3(CC2)C[C@@H](N2CCN(c4ncc(-c5ccc6cn(C7CCC(CNC(=O)c8cc(F)c(O)c(F)c8F)CC7)nc6c5)cn4)CC2)CO3)C=C1. The number of allylic oxidation sites excluding steroid dienone is 3. The average Bonchev–Trinajstić information content (AvgIpc) is 3.99. The molecule has 3 N–H and O–H groups in total. The Labute approximate surface area is 391 Å². The van der Waals surface area contributed by atoms with Gasteiger partial charge in [0.25, 0.3) is 5.91 Å². The molecule has 16 nitrogen and oxygen atoms in total. The lowest BCUT2D eigenvalue weighted by molar-refractivity contribution is -0.139. The van der Waals surface area contributed by atoms with Crippen LogP contribution in [0, 0.1) is 29.3 Å². The molecule has 2 aromatic carbocycles. The molecule has 1 spiro atoms. The summed E-state index contributed by atoms with van der Waals surface area (Å²) in [6, 6.07) is 6.68. The Kier molecular flexibility index (Phi) is 12.4. The van der Waals surface area contributed by atoms with Gasteiger partial charge in [-0.2, -0.15) is 9.49 Å². The number of hydrogen-bond acceptors (Lipinski definition) is 11. The first-order valence-corrected chi connectivity index (χ1v) is 23.7. The molecule has 1 unspecified atom stereocenters. The fourth-order valence-electron chi connectivity index (χ4n) is 10.9. The van der Waals surface area contributed by atoms with Crippen LogP contribution in [0.2, 0.25) is 0 Å². The highest BCUT2D eigenvalue weighted by Crippen LogP contribution is 2.40. The number of imide groups is 1. The first-order valence-electron chi connectivity index (χ1n) is 23.7. The Morgan fingerprint density at radius 2 is 1.68 bits per heavy atom. The highest BCUT2D eigenvalue weighted by molar-refractivity contribution is 5.97. The largest absolute Gasteiger partial charge is 0.503 e. The number of ether oxygens (including phenoxy) is 1. The number of anilines is 1. The van der Waals surface area contributed by atoms with Gasteiger partial charge in [0.1, 0.15) is 0 Å². The van der Waals surface area contributed by atoms with Crippen LogP contribution in [0.3, 0.4) is 0 Å². The van der Waals surface area contributed by atoms with E-state index < -0.39 is 40.7 Å². The molecule has 358 valence electrons. The van der Waals surface area contributed by atoms with Crippen LogP contribution in [0.4, 0.5) is 23.9 Å². The zero-order valence-corrected chi connectivity index (χ0v) is 37.9. The van der Waals surface area contributed by atoms with Gasteiger partial charge in [0.05, 0.1) is 35.2 Å². The van der Waals surface area contributed by atoms with Gasteiger partial charge in [-0.25, -0.2) is 23.5 Å². The molecular formula is C49H55F3N10O6. The van der Waals surface area contributed by atoms with Crippen LogP contribution in [0.5, 0.6) is 5.75 Å². The zero-order valence-electron chi connectivity index (χ0n) is 37.9. The predicted octanol–water partition coefficient (Wildman–Crippen LogP) is 5.84. The number of carbonyl (C=O) groups excluding carboxylic acids is 4. The molecule has 0 bridgehead atoms. The molecule has 5 fully saturated rings. The van der Waals surface area contributed by atoms with Gasteiger partial charge >= 0.3 is 6.03 Å². The van der Waals surface area contributed by atoms with Crippen LogP contribution < -0.4 is 15.5 Å². The molecular weight excluding hydrogens is 882 g/mol. The van der Waals surface area contributed by atoms with Crippen molar-refractivity contribution in [3.05, 3.63) is 89.3 Å². The van der Waals surface area contributed by atoms with Crippen molar-refractivity contribution in [2.75, 3.05) is 63.9 Å². The van der Waals surface area contributed by atoms with E-state index in [1.807, 2.05) is 65.4 Å². The number of amides is 5. The molecule has 19 heteroatoms. The number of likely N-dealkylation sites (tertiary alicyclic amines) is 1. The quantitative estimate of drug-likeness (QED) is 0.172. The summed E-state index contributed by atoms with van der Waals surface area (Å²) in [6.45, 7) is 7.77. The van der Waals surface area contributed by atoms with E-state index in [1.165, 1.54) is 0 Å². The molecule has 2 atom stereocenters. The van der Waals surface area contributed by atoms with E-state index >= 15 is 0 Å². The number of piperidine rings is 1. The van der Waals surface area contributed by atoms with Crippen molar-refractivity contribution >= 4 is 40.6 Å². The number of hydrogen-bond donors (Lipinski definition) is 3. The lowest BCUT2D eigenvalue weighted by Crippen LogP contribution is -2.52. The number of halogens is 3. The summed E-state index contributed by atoms with van der Waals surface area (Å²) < 4.78 is 50.3. The summed E-state index contributed by atoms with van der Waals surface area (Å²) >= 11 is 0. The minimum atomic E-state index is -1.79. The minimum Gasteiger partial charge on any atom is -0.503 e. The Morgan fingerprint density at radius 1 is 0.926 bits per heavy atom. The van der Waals surface area contributed by atoms with Crippen LogP contribution in [-0.4, -0.2) is 134 Å². The number of rotatable bonds is 9. The molecule has 5 amide bonds. The number of urea groups is 1. The van der Waals surface area contributed by atoms with Crippen LogP contribution >= 0.6 is 0 Å². The molecule has 1 saturated carbocycles. The van der Waals surface area contributed by atoms with Gasteiger partial charge in [-0.05, 0) is 81.1 Å². The highest BCUT2D eigenvalue weighted by atomic mass is 19.2. The maximum absolute atomic E-state index is 14.2. The predicted molar refractivity (Wildman–Crippen MR) is 244 cm³/mol. The Hall–Kier alpha value is -6.34. The molecule has 2 aromatic heterocycles.